The number of hydrogen-bond donors (Lipinski definition) is 2. The highest BCUT2D eigenvalue weighted by atomic mass is 16.5. The standard InChI is InChI=1S/C17H22N4O3/c1-11-9-13(3)21(20-11)10-12(2)18-16(22)14-7-5-6-8-15(14)19-17(23)24-4/h5-9,12H,10H2,1-4H3,(H,18,22)(H,19,23). The van der Waals surface area contributed by atoms with E-state index >= 15 is 0 Å². The molecule has 0 aliphatic heterocycles. The average molecular weight is 330 g/mol. The van der Waals surface area contributed by atoms with Gasteiger partial charge in [0.15, 0.2) is 0 Å². The second kappa shape index (κ2) is 7.63. The van der Waals surface area contributed by atoms with Gasteiger partial charge in [0.2, 0.25) is 0 Å². The van der Waals surface area contributed by atoms with E-state index in [-0.39, 0.29) is 11.9 Å². The van der Waals surface area contributed by atoms with Gasteiger partial charge in [-0.25, -0.2) is 4.79 Å². The minimum absolute atomic E-state index is 0.123. The van der Waals surface area contributed by atoms with Crippen molar-refractivity contribution in [3.63, 3.8) is 0 Å². The van der Waals surface area contributed by atoms with Gasteiger partial charge in [0.05, 0.1) is 30.6 Å². The molecule has 1 aromatic heterocycles. The second-order valence-corrected chi connectivity index (χ2v) is 5.65. The third kappa shape index (κ3) is 4.34. The fraction of sp³-hybridized carbons (Fsp3) is 0.353. The number of para-hydroxylation sites is 1. The molecule has 24 heavy (non-hydrogen) atoms. The summed E-state index contributed by atoms with van der Waals surface area (Å²) in [4.78, 5) is 23.9. The quantitative estimate of drug-likeness (QED) is 0.882. The molecule has 0 spiro atoms. The van der Waals surface area contributed by atoms with Crippen molar-refractivity contribution in [1.29, 1.82) is 0 Å². The van der Waals surface area contributed by atoms with Gasteiger partial charge in [0, 0.05) is 11.7 Å². The van der Waals surface area contributed by atoms with Crippen LogP contribution < -0.4 is 10.6 Å². The van der Waals surface area contributed by atoms with Gasteiger partial charge >= 0.3 is 6.09 Å². The molecule has 0 saturated heterocycles. The summed E-state index contributed by atoms with van der Waals surface area (Å²) in [7, 11) is 1.27. The number of amides is 2. The van der Waals surface area contributed by atoms with Crippen LogP contribution in [0.25, 0.3) is 0 Å². The molecule has 1 unspecified atom stereocenters. The number of methoxy groups -OCH3 is 1. The summed E-state index contributed by atoms with van der Waals surface area (Å²) >= 11 is 0. The topological polar surface area (TPSA) is 85.2 Å². The van der Waals surface area contributed by atoms with Crippen molar-refractivity contribution < 1.29 is 14.3 Å². The van der Waals surface area contributed by atoms with E-state index in [9.17, 15) is 9.59 Å². The monoisotopic (exact) mass is 330 g/mol. The van der Waals surface area contributed by atoms with Crippen LogP contribution in [0.5, 0.6) is 0 Å². The van der Waals surface area contributed by atoms with Gasteiger partial charge in [0.25, 0.3) is 5.91 Å². The van der Waals surface area contributed by atoms with Crippen LogP contribution in [0, 0.1) is 13.8 Å². The number of nitrogens with one attached hydrogen (secondary N) is 2. The number of ether oxygens (including phenoxy) is 1. The first-order chi connectivity index (χ1) is 11.4. The number of carbonyl (C=O) groups is 2. The molecule has 7 heteroatoms. The van der Waals surface area contributed by atoms with Crippen LogP contribution in [-0.2, 0) is 11.3 Å². The summed E-state index contributed by atoms with van der Waals surface area (Å²) in [6, 6.07) is 8.64. The lowest BCUT2D eigenvalue weighted by molar-refractivity contribution is 0.0936. The summed E-state index contributed by atoms with van der Waals surface area (Å²) in [5.41, 5.74) is 2.77. The van der Waals surface area contributed by atoms with Gasteiger partial charge < -0.3 is 10.1 Å². The van der Waals surface area contributed by atoms with E-state index in [1.807, 2.05) is 31.5 Å². The largest absolute Gasteiger partial charge is 0.453 e. The molecule has 0 radical (unpaired) electrons. The average Bonchev–Trinajstić information content (AvgIpc) is 2.84. The highest BCUT2D eigenvalue weighted by Crippen LogP contribution is 2.15. The van der Waals surface area contributed by atoms with Gasteiger partial charge in [-0.05, 0) is 39.0 Å². The maximum atomic E-state index is 12.5. The number of aromatic nitrogens is 2. The van der Waals surface area contributed by atoms with E-state index in [1.165, 1.54) is 7.11 Å². The zero-order valence-electron chi connectivity index (χ0n) is 14.3. The summed E-state index contributed by atoms with van der Waals surface area (Å²) < 4.78 is 6.43. The summed E-state index contributed by atoms with van der Waals surface area (Å²) in [5.74, 6) is -0.268. The van der Waals surface area contributed by atoms with Gasteiger partial charge in [-0.3, -0.25) is 14.8 Å². The lowest BCUT2D eigenvalue weighted by Crippen LogP contribution is -2.36. The number of hydrogen-bond acceptors (Lipinski definition) is 4. The van der Waals surface area contributed by atoms with E-state index in [0.717, 1.165) is 11.4 Å². The zero-order chi connectivity index (χ0) is 17.7. The molecule has 2 aromatic rings. The van der Waals surface area contributed by atoms with Crippen molar-refractivity contribution in [2.45, 2.75) is 33.4 Å². The van der Waals surface area contributed by atoms with Crippen molar-refractivity contribution in [3.05, 3.63) is 47.3 Å². The number of rotatable bonds is 5. The number of aryl methyl sites for hydroxylation is 2. The maximum Gasteiger partial charge on any atom is 0.411 e. The normalized spacial score (nSPS) is 11.7. The molecule has 1 heterocycles. The van der Waals surface area contributed by atoms with Crippen molar-refractivity contribution in [2.24, 2.45) is 0 Å². The molecule has 0 saturated carbocycles. The van der Waals surface area contributed by atoms with E-state index in [1.54, 1.807) is 24.3 Å². The van der Waals surface area contributed by atoms with Gasteiger partial charge in [-0.1, -0.05) is 12.1 Å². The van der Waals surface area contributed by atoms with E-state index in [0.29, 0.717) is 17.8 Å². The molecular formula is C17H22N4O3. The molecule has 0 aliphatic carbocycles. The van der Waals surface area contributed by atoms with Crippen LogP contribution in [-0.4, -0.2) is 34.9 Å². The summed E-state index contributed by atoms with van der Waals surface area (Å²) in [6.45, 7) is 6.38. The van der Waals surface area contributed by atoms with Crippen molar-refractivity contribution >= 4 is 17.7 Å². The number of nitrogens with zero attached hydrogens (tertiary/aromatic N) is 2. The van der Waals surface area contributed by atoms with Crippen LogP contribution in [0.15, 0.2) is 30.3 Å². The predicted octanol–water partition coefficient (Wildman–Crippen LogP) is 2.50. The SMILES string of the molecule is COC(=O)Nc1ccccc1C(=O)NC(C)Cn1nc(C)cc1C. The first kappa shape index (κ1) is 17.5. The Morgan fingerprint density at radius 3 is 2.62 bits per heavy atom. The molecule has 0 aliphatic rings. The smallest absolute Gasteiger partial charge is 0.411 e. The maximum absolute atomic E-state index is 12.5. The van der Waals surface area contributed by atoms with Gasteiger partial charge in [-0.2, -0.15) is 5.10 Å². The highest BCUT2D eigenvalue weighted by Gasteiger charge is 2.16. The fourth-order valence-corrected chi connectivity index (χ4v) is 2.42. The zero-order valence-corrected chi connectivity index (χ0v) is 14.3. The van der Waals surface area contributed by atoms with Gasteiger partial charge in [0.1, 0.15) is 0 Å². The lowest BCUT2D eigenvalue weighted by atomic mass is 10.1. The van der Waals surface area contributed by atoms with Crippen molar-refractivity contribution in [1.82, 2.24) is 15.1 Å². The molecule has 1 atom stereocenters. The van der Waals surface area contributed by atoms with Crippen molar-refractivity contribution in [3.8, 4) is 0 Å². The molecule has 1 aromatic carbocycles. The Hall–Kier alpha value is -2.83. The Balaban J connectivity index is 2.06. The molecule has 0 bridgehead atoms. The molecule has 2 amide bonds. The number of benzene rings is 1. The van der Waals surface area contributed by atoms with Crippen LogP contribution in [0.1, 0.15) is 28.7 Å². The van der Waals surface area contributed by atoms with E-state index < -0.39 is 6.09 Å². The van der Waals surface area contributed by atoms with Crippen molar-refractivity contribution in [2.75, 3.05) is 12.4 Å². The Morgan fingerprint density at radius 1 is 1.29 bits per heavy atom. The minimum Gasteiger partial charge on any atom is -0.453 e. The van der Waals surface area contributed by atoms with E-state index in [2.05, 4.69) is 20.5 Å². The predicted molar refractivity (Wildman–Crippen MR) is 91.1 cm³/mol. The lowest BCUT2D eigenvalue weighted by Gasteiger charge is -2.16. The molecular weight excluding hydrogens is 308 g/mol. The minimum atomic E-state index is -0.620. The van der Waals surface area contributed by atoms with Crippen LogP contribution in [0.3, 0.4) is 0 Å². The number of carbonyl (C=O) groups excluding carboxylic acids is 2. The van der Waals surface area contributed by atoms with Crippen LogP contribution >= 0.6 is 0 Å². The first-order valence-electron chi connectivity index (χ1n) is 7.66. The van der Waals surface area contributed by atoms with Crippen LogP contribution in [0.2, 0.25) is 0 Å². The van der Waals surface area contributed by atoms with Crippen LogP contribution in [0.4, 0.5) is 10.5 Å². The molecule has 2 rings (SSSR count). The third-order valence-corrected chi connectivity index (χ3v) is 3.52. The highest BCUT2D eigenvalue weighted by molar-refractivity contribution is 6.02. The molecule has 7 nitrogen and oxygen atoms in total. The Labute approximate surface area is 141 Å². The first-order valence-corrected chi connectivity index (χ1v) is 7.66. The Morgan fingerprint density at radius 2 is 2.00 bits per heavy atom. The third-order valence-electron chi connectivity index (χ3n) is 3.52. The summed E-state index contributed by atoms with van der Waals surface area (Å²) in [5, 5.41) is 9.85. The molecule has 2 N–H and O–H groups in total. The Kier molecular flexibility index (Phi) is 5.57. The second-order valence-electron chi connectivity index (χ2n) is 5.65. The summed E-state index contributed by atoms with van der Waals surface area (Å²) in [6.07, 6.45) is -0.620. The fourth-order valence-electron chi connectivity index (χ4n) is 2.42. The molecule has 0 fully saturated rings. The van der Waals surface area contributed by atoms with E-state index in [4.69, 9.17) is 0 Å². The Bertz CT molecular complexity index is 739. The van der Waals surface area contributed by atoms with Gasteiger partial charge in [-0.15, -0.1) is 0 Å². The number of anilines is 1. The molecule has 128 valence electrons.